The van der Waals surface area contributed by atoms with Gasteiger partial charge < -0.3 is 15.5 Å². The maximum Gasteiger partial charge on any atom is 0.416 e. The van der Waals surface area contributed by atoms with Gasteiger partial charge in [-0.15, -0.1) is 12.4 Å². The van der Waals surface area contributed by atoms with Crippen molar-refractivity contribution in [1.82, 2.24) is 15.5 Å². The Morgan fingerprint density at radius 3 is 2.13 bits per heavy atom. The van der Waals surface area contributed by atoms with Crippen LogP contribution in [0.5, 0.6) is 0 Å². The highest BCUT2D eigenvalue weighted by Gasteiger charge is 2.43. The van der Waals surface area contributed by atoms with Gasteiger partial charge in [0, 0.05) is 38.7 Å². The van der Waals surface area contributed by atoms with Crippen molar-refractivity contribution in [2.75, 3.05) is 26.2 Å². The lowest BCUT2D eigenvalue weighted by Gasteiger charge is -2.48. The molecule has 3 rings (SSSR count). The summed E-state index contributed by atoms with van der Waals surface area (Å²) >= 11 is 0. The third kappa shape index (κ3) is 8.11. The fourth-order valence-corrected chi connectivity index (χ4v) is 4.84. The number of hydrogen-bond acceptors (Lipinski definition) is 3. The van der Waals surface area contributed by atoms with Crippen LogP contribution in [0.15, 0.2) is 36.4 Å². The Bertz CT molecular complexity index is 1150. The molecule has 1 aliphatic rings. The molecule has 2 amide bonds. The number of aryl methyl sites for hydroxylation is 2. The number of amides is 2. The van der Waals surface area contributed by atoms with E-state index in [1.165, 1.54) is 11.8 Å². The van der Waals surface area contributed by atoms with Crippen LogP contribution in [0.25, 0.3) is 0 Å². The van der Waals surface area contributed by atoms with E-state index in [4.69, 9.17) is 0 Å². The van der Waals surface area contributed by atoms with Gasteiger partial charge in [-0.05, 0) is 68.0 Å². The van der Waals surface area contributed by atoms with Crippen molar-refractivity contribution in [3.05, 3.63) is 69.8 Å². The molecular weight excluding hydrogens is 548 g/mol. The van der Waals surface area contributed by atoms with E-state index in [0.29, 0.717) is 44.5 Å². The van der Waals surface area contributed by atoms with E-state index in [9.17, 15) is 35.9 Å². The van der Waals surface area contributed by atoms with Crippen LogP contribution >= 0.6 is 12.4 Å². The van der Waals surface area contributed by atoms with Gasteiger partial charge in [-0.1, -0.05) is 18.2 Å². The first-order valence-corrected chi connectivity index (χ1v) is 12.3. The Hall–Kier alpha value is -2.79. The lowest BCUT2D eigenvalue weighted by Crippen LogP contribution is -2.64. The van der Waals surface area contributed by atoms with Gasteiger partial charge >= 0.3 is 12.4 Å². The highest BCUT2D eigenvalue weighted by Crippen LogP contribution is 2.38. The van der Waals surface area contributed by atoms with Crippen LogP contribution in [0.3, 0.4) is 0 Å². The summed E-state index contributed by atoms with van der Waals surface area (Å²) in [5.41, 5.74) is -1.71. The maximum absolute atomic E-state index is 13.7. The van der Waals surface area contributed by atoms with Crippen LogP contribution in [0.2, 0.25) is 0 Å². The van der Waals surface area contributed by atoms with Crippen LogP contribution < -0.4 is 10.6 Å². The summed E-state index contributed by atoms with van der Waals surface area (Å²) in [5.74, 6) is -1.13. The molecule has 0 saturated carbocycles. The molecule has 1 fully saturated rings. The zero-order chi connectivity index (χ0) is 28.3. The standard InChI is InChI=1S/C27H31F6N3O2.ClH/c1-17-5-6-20(11-18(17)2)15-25(7-4-8-35-19(3)37)16-34-9-10-36(25)24(38)21-12-22(26(28,29)30)14-23(13-21)27(31,32)33;/h5-6,11-14,34H,4,7-10,15-16H2,1-3H3,(H,35,37);1H. The minimum atomic E-state index is -5.06. The fraction of sp³-hybridized carbons (Fsp3) is 0.481. The SMILES string of the molecule is CC(=O)NCCCC1(Cc2ccc(C)c(C)c2)CNCCN1C(=O)c1cc(C(F)(F)F)cc(C(F)(F)F)c1.Cl. The number of alkyl halides is 6. The molecule has 0 radical (unpaired) electrons. The van der Waals surface area contributed by atoms with Crippen molar-refractivity contribution in [1.29, 1.82) is 0 Å². The van der Waals surface area contributed by atoms with Crippen LogP contribution in [-0.2, 0) is 23.6 Å². The van der Waals surface area contributed by atoms with Crippen molar-refractivity contribution in [3.63, 3.8) is 0 Å². The molecule has 1 atom stereocenters. The zero-order valence-corrected chi connectivity index (χ0v) is 22.7. The van der Waals surface area contributed by atoms with Crippen LogP contribution in [0.4, 0.5) is 26.3 Å². The van der Waals surface area contributed by atoms with Gasteiger partial charge in [-0.3, -0.25) is 9.59 Å². The first-order valence-electron chi connectivity index (χ1n) is 12.3. The largest absolute Gasteiger partial charge is 0.416 e. The molecule has 2 aromatic rings. The third-order valence-electron chi connectivity index (χ3n) is 6.92. The van der Waals surface area contributed by atoms with E-state index in [-0.39, 0.29) is 37.5 Å². The number of nitrogens with one attached hydrogen (secondary N) is 2. The fourth-order valence-electron chi connectivity index (χ4n) is 4.84. The monoisotopic (exact) mass is 579 g/mol. The summed E-state index contributed by atoms with van der Waals surface area (Å²) in [6.07, 6.45) is -8.97. The number of rotatable bonds is 7. The van der Waals surface area contributed by atoms with E-state index < -0.39 is 40.5 Å². The second-order valence-corrected chi connectivity index (χ2v) is 9.83. The lowest BCUT2D eigenvalue weighted by molar-refractivity contribution is -0.143. The topological polar surface area (TPSA) is 61.4 Å². The molecule has 12 heteroatoms. The molecule has 2 N–H and O–H groups in total. The van der Waals surface area contributed by atoms with Crippen molar-refractivity contribution in [2.45, 2.75) is 57.9 Å². The summed E-state index contributed by atoms with van der Waals surface area (Å²) in [6.45, 7) is 6.29. The molecule has 1 aliphatic heterocycles. The molecule has 0 aliphatic carbocycles. The van der Waals surface area contributed by atoms with E-state index in [1.807, 2.05) is 32.0 Å². The molecule has 39 heavy (non-hydrogen) atoms. The highest BCUT2D eigenvalue weighted by atomic mass is 35.5. The molecule has 0 spiro atoms. The summed E-state index contributed by atoms with van der Waals surface area (Å²) in [7, 11) is 0. The van der Waals surface area contributed by atoms with Crippen molar-refractivity contribution in [2.24, 2.45) is 0 Å². The Kier molecular flexibility index (Phi) is 10.5. The number of halogens is 7. The molecule has 5 nitrogen and oxygen atoms in total. The number of carbonyl (C=O) groups is 2. The summed E-state index contributed by atoms with van der Waals surface area (Å²) in [4.78, 5) is 26.5. The molecule has 1 unspecified atom stereocenters. The van der Waals surface area contributed by atoms with Crippen molar-refractivity contribution in [3.8, 4) is 0 Å². The van der Waals surface area contributed by atoms with Gasteiger partial charge in [-0.2, -0.15) is 26.3 Å². The van der Waals surface area contributed by atoms with E-state index in [1.54, 1.807) is 0 Å². The predicted octanol–water partition coefficient (Wildman–Crippen LogP) is 5.71. The molecule has 1 heterocycles. The summed E-state index contributed by atoms with van der Waals surface area (Å²) < 4.78 is 80.9. The molecule has 0 aromatic heterocycles. The number of piperazine rings is 1. The molecule has 2 aromatic carbocycles. The number of nitrogens with zero attached hydrogens (tertiary/aromatic N) is 1. The van der Waals surface area contributed by atoms with Crippen LogP contribution in [-0.4, -0.2) is 48.4 Å². The summed E-state index contributed by atoms with van der Waals surface area (Å²) in [5, 5.41) is 5.93. The zero-order valence-electron chi connectivity index (χ0n) is 21.9. The normalized spacial score (nSPS) is 17.9. The second-order valence-electron chi connectivity index (χ2n) is 9.83. The first-order chi connectivity index (χ1) is 17.6. The predicted molar refractivity (Wildman–Crippen MR) is 138 cm³/mol. The Morgan fingerprint density at radius 2 is 1.59 bits per heavy atom. The third-order valence-corrected chi connectivity index (χ3v) is 6.92. The highest BCUT2D eigenvalue weighted by molar-refractivity contribution is 5.95. The van der Waals surface area contributed by atoms with Gasteiger partial charge in [0.05, 0.1) is 16.7 Å². The number of hydrogen-bond donors (Lipinski definition) is 2. The lowest BCUT2D eigenvalue weighted by atomic mass is 9.81. The average Bonchev–Trinajstić information content (AvgIpc) is 2.82. The minimum absolute atomic E-state index is 0. The van der Waals surface area contributed by atoms with E-state index >= 15 is 0 Å². The van der Waals surface area contributed by atoms with Gasteiger partial charge in [0.1, 0.15) is 0 Å². The molecular formula is C27H32ClF6N3O2. The van der Waals surface area contributed by atoms with Gasteiger partial charge in [-0.25, -0.2) is 0 Å². The average molecular weight is 580 g/mol. The first kappa shape index (κ1) is 32.4. The quantitative estimate of drug-likeness (QED) is 0.327. The molecule has 1 saturated heterocycles. The van der Waals surface area contributed by atoms with Crippen molar-refractivity contribution >= 4 is 24.2 Å². The molecule has 0 bridgehead atoms. The number of benzene rings is 2. The summed E-state index contributed by atoms with van der Waals surface area (Å²) in [6, 6.07) is 6.79. The van der Waals surface area contributed by atoms with E-state index in [0.717, 1.165) is 16.7 Å². The molecule has 216 valence electrons. The Morgan fingerprint density at radius 1 is 0.974 bits per heavy atom. The van der Waals surface area contributed by atoms with Gasteiger partial charge in [0.2, 0.25) is 5.91 Å². The van der Waals surface area contributed by atoms with E-state index in [2.05, 4.69) is 10.6 Å². The number of carbonyl (C=O) groups excluding carboxylic acids is 2. The second kappa shape index (κ2) is 12.6. The van der Waals surface area contributed by atoms with Crippen LogP contribution in [0, 0.1) is 13.8 Å². The van der Waals surface area contributed by atoms with Gasteiger partial charge in [0.15, 0.2) is 0 Å². The van der Waals surface area contributed by atoms with Gasteiger partial charge in [0.25, 0.3) is 5.91 Å². The van der Waals surface area contributed by atoms with Crippen molar-refractivity contribution < 1.29 is 35.9 Å². The van der Waals surface area contributed by atoms with Crippen LogP contribution in [0.1, 0.15) is 57.9 Å². The smallest absolute Gasteiger partial charge is 0.356 e. The maximum atomic E-state index is 13.7. The minimum Gasteiger partial charge on any atom is -0.356 e. The Labute approximate surface area is 229 Å². The Balaban J connectivity index is 0.00000533.